The van der Waals surface area contributed by atoms with Crippen molar-refractivity contribution in [2.24, 2.45) is 0 Å². The Morgan fingerprint density at radius 2 is 2.00 bits per heavy atom. The highest BCUT2D eigenvalue weighted by atomic mass is 19.4. The van der Waals surface area contributed by atoms with E-state index in [0.717, 1.165) is 6.07 Å². The summed E-state index contributed by atoms with van der Waals surface area (Å²) in [5, 5.41) is 0. The molecule has 1 heterocycles. The van der Waals surface area contributed by atoms with E-state index in [0.29, 0.717) is 11.1 Å². The molecule has 0 amide bonds. The predicted molar refractivity (Wildman–Crippen MR) is 60.1 cm³/mol. The number of pyridine rings is 1. The predicted octanol–water partition coefficient (Wildman–Crippen LogP) is 3.58. The Morgan fingerprint density at radius 3 is 2.56 bits per heavy atom. The first-order chi connectivity index (χ1) is 8.52. The summed E-state index contributed by atoms with van der Waals surface area (Å²) < 4.78 is 42.5. The number of hydrogen-bond donors (Lipinski definition) is 0. The fraction of sp³-hybridized carbons (Fsp3) is 0.154. The molecule has 0 atom stereocenters. The molecule has 0 N–H and O–H groups in total. The molecule has 2 rings (SSSR count). The van der Waals surface area contributed by atoms with Crippen molar-refractivity contribution >= 4 is 0 Å². The second kappa shape index (κ2) is 4.68. The summed E-state index contributed by atoms with van der Waals surface area (Å²) in [4.78, 5) is 3.48. The summed E-state index contributed by atoms with van der Waals surface area (Å²) in [5.41, 5.74) is 0.237. The Kier molecular flexibility index (Phi) is 3.23. The van der Waals surface area contributed by atoms with Gasteiger partial charge in [-0.3, -0.25) is 0 Å². The van der Waals surface area contributed by atoms with Crippen LogP contribution in [0.1, 0.15) is 5.69 Å². The number of methoxy groups -OCH3 is 1. The zero-order chi connectivity index (χ0) is 13.2. The van der Waals surface area contributed by atoms with Crippen molar-refractivity contribution in [3.05, 3.63) is 48.2 Å². The largest absolute Gasteiger partial charge is 0.481 e. The van der Waals surface area contributed by atoms with Gasteiger partial charge in [-0.25, -0.2) is 4.98 Å². The molecule has 5 heteroatoms. The minimum absolute atomic E-state index is 0.0515. The van der Waals surface area contributed by atoms with E-state index in [-0.39, 0.29) is 5.88 Å². The van der Waals surface area contributed by atoms with Gasteiger partial charge < -0.3 is 4.74 Å². The van der Waals surface area contributed by atoms with E-state index in [2.05, 4.69) is 11.1 Å². The molecule has 0 aliphatic heterocycles. The second-order valence-corrected chi connectivity index (χ2v) is 3.54. The summed E-state index contributed by atoms with van der Waals surface area (Å²) in [7, 11) is 1.29. The van der Waals surface area contributed by atoms with E-state index in [4.69, 9.17) is 4.74 Å². The van der Waals surface area contributed by atoms with Crippen LogP contribution in [0.5, 0.6) is 5.88 Å². The Morgan fingerprint density at radius 1 is 1.22 bits per heavy atom. The number of nitrogens with zero attached hydrogens (tertiary/aromatic N) is 1. The maximum absolute atomic E-state index is 12.5. The zero-order valence-electron chi connectivity index (χ0n) is 9.45. The topological polar surface area (TPSA) is 22.1 Å². The Balaban J connectivity index is 2.51. The van der Waals surface area contributed by atoms with Gasteiger partial charge in [-0.1, -0.05) is 18.2 Å². The van der Waals surface area contributed by atoms with Crippen LogP contribution >= 0.6 is 0 Å². The normalized spacial score (nSPS) is 11.3. The number of rotatable bonds is 2. The lowest BCUT2D eigenvalue weighted by molar-refractivity contribution is -0.141. The van der Waals surface area contributed by atoms with Crippen molar-refractivity contribution in [2.45, 2.75) is 6.18 Å². The molecule has 0 fully saturated rings. The molecule has 1 radical (unpaired) electrons. The molecule has 0 bridgehead atoms. The third-order valence-corrected chi connectivity index (χ3v) is 2.36. The van der Waals surface area contributed by atoms with Crippen molar-refractivity contribution in [3.63, 3.8) is 0 Å². The van der Waals surface area contributed by atoms with Gasteiger partial charge in [0.05, 0.1) is 7.11 Å². The highest BCUT2D eigenvalue weighted by Crippen LogP contribution is 2.33. The standard InChI is InChI=1S/C13H9F3NO/c1-18-12-10(9-5-3-2-4-6-9)7-8-11(17-12)13(14,15)16/h2-3,5-8H,1H3. The van der Waals surface area contributed by atoms with Crippen LogP contribution < -0.4 is 4.74 Å². The fourth-order valence-corrected chi connectivity index (χ4v) is 1.53. The van der Waals surface area contributed by atoms with Crippen LogP contribution in [-0.4, -0.2) is 12.1 Å². The molecule has 1 aromatic heterocycles. The maximum atomic E-state index is 12.5. The van der Waals surface area contributed by atoms with Gasteiger partial charge in [0.1, 0.15) is 5.69 Å². The molecule has 2 nitrogen and oxygen atoms in total. The van der Waals surface area contributed by atoms with E-state index < -0.39 is 11.9 Å². The average Bonchev–Trinajstić information content (AvgIpc) is 2.38. The van der Waals surface area contributed by atoms with Crippen molar-refractivity contribution in [1.29, 1.82) is 0 Å². The van der Waals surface area contributed by atoms with Crippen LogP contribution in [0.2, 0.25) is 0 Å². The molecule has 18 heavy (non-hydrogen) atoms. The number of alkyl halides is 3. The molecule has 1 aromatic carbocycles. The average molecular weight is 252 g/mol. The number of aromatic nitrogens is 1. The second-order valence-electron chi connectivity index (χ2n) is 3.54. The summed E-state index contributed by atoms with van der Waals surface area (Å²) in [6.07, 6.45) is -4.48. The van der Waals surface area contributed by atoms with Crippen molar-refractivity contribution in [2.75, 3.05) is 7.11 Å². The fourth-order valence-electron chi connectivity index (χ4n) is 1.53. The van der Waals surface area contributed by atoms with Crippen molar-refractivity contribution in [1.82, 2.24) is 4.98 Å². The number of ether oxygens (including phenoxy) is 1. The third-order valence-electron chi connectivity index (χ3n) is 2.36. The number of benzene rings is 1. The number of halogens is 3. The Labute approximate surface area is 102 Å². The first kappa shape index (κ1) is 12.4. The minimum atomic E-state index is -4.48. The van der Waals surface area contributed by atoms with Gasteiger partial charge in [0.15, 0.2) is 0 Å². The van der Waals surface area contributed by atoms with Crippen molar-refractivity contribution in [3.8, 4) is 17.0 Å². The van der Waals surface area contributed by atoms with Gasteiger partial charge in [0, 0.05) is 5.56 Å². The van der Waals surface area contributed by atoms with E-state index >= 15 is 0 Å². The van der Waals surface area contributed by atoms with E-state index in [9.17, 15) is 13.2 Å². The first-order valence-electron chi connectivity index (χ1n) is 5.11. The lowest BCUT2D eigenvalue weighted by Gasteiger charge is -2.11. The van der Waals surface area contributed by atoms with Gasteiger partial charge in [-0.05, 0) is 29.8 Å². The van der Waals surface area contributed by atoms with Crippen molar-refractivity contribution < 1.29 is 17.9 Å². The summed E-state index contributed by atoms with van der Waals surface area (Å²) in [5.74, 6) is -0.0515. The van der Waals surface area contributed by atoms with Gasteiger partial charge in [0.2, 0.25) is 5.88 Å². The highest BCUT2D eigenvalue weighted by Gasteiger charge is 2.33. The zero-order valence-corrected chi connectivity index (χ0v) is 9.45. The van der Waals surface area contributed by atoms with E-state index in [1.807, 2.05) is 0 Å². The van der Waals surface area contributed by atoms with Crippen LogP contribution in [0.3, 0.4) is 0 Å². The molecule has 0 spiro atoms. The molecule has 0 saturated heterocycles. The Bertz CT molecular complexity index is 538. The summed E-state index contributed by atoms with van der Waals surface area (Å²) in [6, 6.07) is 12.0. The molecular formula is C13H9F3NO. The smallest absolute Gasteiger partial charge is 0.433 e. The van der Waals surface area contributed by atoms with Crippen LogP contribution in [-0.2, 0) is 6.18 Å². The Hall–Kier alpha value is -2.04. The van der Waals surface area contributed by atoms with Gasteiger partial charge in [-0.15, -0.1) is 0 Å². The summed E-state index contributed by atoms with van der Waals surface area (Å²) >= 11 is 0. The quantitative estimate of drug-likeness (QED) is 0.815. The van der Waals surface area contributed by atoms with Crippen LogP contribution in [0, 0.1) is 6.07 Å². The third kappa shape index (κ3) is 2.45. The highest BCUT2D eigenvalue weighted by molar-refractivity contribution is 5.68. The van der Waals surface area contributed by atoms with Crippen LogP contribution in [0.15, 0.2) is 36.4 Å². The van der Waals surface area contributed by atoms with E-state index in [1.54, 1.807) is 24.3 Å². The minimum Gasteiger partial charge on any atom is -0.481 e. The van der Waals surface area contributed by atoms with Gasteiger partial charge in [0.25, 0.3) is 0 Å². The number of hydrogen-bond acceptors (Lipinski definition) is 2. The molecule has 0 aliphatic carbocycles. The molecular weight excluding hydrogens is 243 g/mol. The monoisotopic (exact) mass is 252 g/mol. The maximum Gasteiger partial charge on any atom is 0.433 e. The molecule has 0 aliphatic rings. The molecule has 2 aromatic rings. The SMILES string of the molecule is COc1nc(C(F)(F)F)ccc1-c1c[c]ccc1. The van der Waals surface area contributed by atoms with Gasteiger partial charge >= 0.3 is 6.18 Å². The summed E-state index contributed by atoms with van der Waals surface area (Å²) in [6.45, 7) is 0. The first-order valence-corrected chi connectivity index (χ1v) is 5.11. The lowest BCUT2D eigenvalue weighted by Crippen LogP contribution is -2.08. The van der Waals surface area contributed by atoms with Crippen LogP contribution in [0.25, 0.3) is 11.1 Å². The van der Waals surface area contributed by atoms with Crippen LogP contribution in [0.4, 0.5) is 13.2 Å². The lowest BCUT2D eigenvalue weighted by atomic mass is 10.1. The van der Waals surface area contributed by atoms with E-state index in [1.165, 1.54) is 13.2 Å². The molecule has 0 unspecified atom stereocenters. The molecule has 0 saturated carbocycles. The van der Waals surface area contributed by atoms with Gasteiger partial charge in [-0.2, -0.15) is 13.2 Å². The molecule has 93 valence electrons.